The van der Waals surface area contributed by atoms with Gasteiger partial charge in [-0.2, -0.15) is 0 Å². The molecular weight excluding hydrogens is 260 g/mol. The van der Waals surface area contributed by atoms with Crippen molar-refractivity contribution in [3.05, 3.63) is 35.9 Å². The van der Waals surface area contributed by atoms with Gasteiger partial charge in [0.05, 0.1) is 5.92 Å². The Morgan fingerprint density at radius 3 is 2.00 bits per heavy atom. The van der Waals surface area contributed by atoms with Crippen LogP contribution in [0.2, 0.25) is 0 Å². The fourth-order valence-corrected chi connectivity index (χ4v) is 2.56. The summed E-state index contributed by atoms with van der Waals surface area (Å²) in [5.74, 6) is 1.03. The third-order valence-corrected chi connectivity index (χ3v) is 3.44. The van der Waals surface area contributed by atoms with Gasteiger partial charge in [-0.25, -0.2) is 0 Å². The largest absolute Gasteiger partial charge is 0.342 e. The fourth-order valence-electron chi connectivity index (χ4n) is 2.56. The summed E-state index contributed by atoms with van der Waals surface area (Å²) in [6.45, 7) is 10.6. The van der Waals surface area contributed by atoms with Crippen LogP contribution in [0, 0.1) is 17.8 Å². The van der Waals surface area contributed by atoms with Crippen molar-refractivity contribution in [2.75, 3.05) is 19.6 Å². The molecule has 0 aliphatic heterocycles. The number of hydrogen-bond acceptors (Lipinski definition) is 2. The van der Waals surface area contributed by atoms with Crippen molar-refractivity contribution >= 4 is 5.91 Å². The predicted molar refractivity (Wildman–Crippen MR) is 88.9 cm³/mol. The van der Waals surface area contributed by atoms with E-state index in [1.807, 2.05) is 23.1 Å². The summed E-state index contributed by atoms with van der Waals surface area (Å²) in [4.78, 5) is 14.8. The Morgan fingerprint density at radius 2 is 1.57 bits per heavy atom. The minimum Gasteiger partial charge on any atom is -0.342 e. The Labute approximate surface area is 129 Å². The van der Waals surface area contributed by atoms with Gasteiger partial charge in [-0.1, -0.05) is 58.0 Å². The summed E-state index contributed by atoms with van der Waals surface area (Å²) in [7, 11) is 0. The molecule has 3 heteroatoms. The topological polar surface area (TPSA) is 46.3 Å². The van der Waals surface area contributed by atoms with E-state index in [4.69, 9.17) is 5.73 Å². The highest BCUT2D eigenvalue weighted by Gasteiger charge is 2.24. The Hall–Kier alpha value is -1.35. The number of rotatable bonds is 8. The second kappa shape index (κ2) is 8.83. The zero-order valence-corrected chi connectivity index (χ0v) is 13.9. The summed E-state index contributed by atoms with van der Waals surface area (Å²) < 4.78 is 0. The summed E-state index contributed by atoms with van der Waals surface area (Å²) in [6.07, 6.45) is 0.725. The Balaban J connectivity index is 2.77. The molecule has 0 saturated heterocycles. The van der Waals surface area contributed by atoms with Gasteiger partial charge in [0.2, 0.25) is 5.91 Å². The van der Waals surface area contributed by atoms with Crippen LogP contribution >= 0.6 is 0 Å². The molecule has 1 amide bonds. The molecule has 1 rings (SSSR count). The number of nitrogens with two attached hydrogens (primary N) is 1. The van der Waals surface area contributed by atoms with E-state index in [1.165, 1.54) is 5.56 Å². The van der Waals surface area contributed by atoms with E-state index >= 15 is 0 Å². The molecular formula is C18H30N2O. The van der Waals surface area contributed by atoms with Crippen molar-refractivity contribution in [1.82, 2.24) is 4.90 Å². The van der Waals surface area contributed by atoms with Crippen LogP contribution in [0.3, 0.4) is 0 Å². The molecule has 1 atom stereocenters. The quantitative estimate of drug-likeness (QED) is 0.800. The average Bonchev–Trinajstić information content (AvgIpc) is 2.43. The number of hydrogen-bond donors (Lipinski definition) is 1. The molecule has 1 aromatic rings. The standard InChI is InChI=1S/C18H30N2O/c1-14(2)12-20(13-15(3)4)18(21)17(11-19)10-16-8-6-5-7-9-16/h5-9,14-15,17H,10-13,19H2,1-4H3. The predicted octanol–water partition coefficient (Wildman–Crippen LogP) is 2.94. The van der Waals surface area contributed by atoms with Crippen LogP contribution in [0.1, 0.15) is 33.3 Å². The second-order valence-corrected chi connectivity index (χ2v) is 6.65. The van der Waals surface area contributed by atoms with E-state index in [-0.39, 0.29) is 11.8 Å². The van der Waals surface area contributed by atoms with Crippen LogP contribution in [-0.4, -0.2) is 30.4 Å². The second-order valence-electron chi connectivity index (χ2n) is 6.65. The highest BCUT2D eigenvalue weighted by atomic mass is 16.2. The molecule has 3 nitrogen and oxygen atoms in total. The van der Waals surface area contributed by atoms with Crippen molar-refractivity contribution in [2.24, 2.45) is 23.5 Å². The first kappa shape index (κ1) is 17.7. The molecule has 0 heterocycles. The van der Waals surface area contributed by atoms with Crippen LogP contribution in [0.15, 0.2) is 30.3 Å². The Morgan fingerprint density at radius 1 is 1.05 bits per heavy atom. The lowest BCUT2D eigenvalue weighted by Gasteiger charge is -2.30. The zero-order chi connectivity index (χ0) is 15.8. The maximum absolute atomic E-state index is 12.8. The van der Waals surface area contributed by atoms with Crippen LogP contribution in [0.25, 0.3) is 0 Å². The van der Waals surface area contributed by atoms with Gasteiger partial charge in [0.25, 0.3) is 0 Å². The van der Waals surface area contributed by atoms with E-state index in [0.29, 0.717) is 18.4 Å². The molecule has 0 saturated carbocycles. The summed E-state index contributed by atoms with van der Waals surface area (Å²) in [5.41, 5.74) is 7.05. The van der Waals surface area contributed by atoms with Gasteiger partial charge in [-0.15, -0.1) is 0 Å². The lowest BCUT2D eigenvalue weighted by Crippen LogP contribution is -2.43. The Bertz CT molecular complexity index is 404. The van der Waals surface area contributed by atoms with E-state index in [1.54, 1.807) is 0 Å². The number of nitrogens with zero attached hydrogens (tertiary/aromatic N) is 1. The normalized spacial score (nSPS) is 12.7. The molecule has 0 bridgehead atoms. The van der Waals surface area contributed by atoms with Crippen molar-refractivity contribution in [2.45, 2.75) is 34.1 Å². The van der Waals surface area contributed by atoms with Gasteiger partial charge in [-0.05, 0) is 23.8 Å². The lowest BCUT2D eigenvalue weighted by atomic mass is 9.97. The first-order valence-electron chi connectivity index (χ1n) is 7.96. The molecule has 0 aromatic heterocycles. The molecule has 0 aliphatic carbocycles. The molecule has 118 valence electrons. The maximum Gasteiger partial charge on any atom is 0.227 e. The van der Waals surface area contributed by atoms with E-state index in [2.05, 4.69) is 39.8 Å². The molecule has 0 fully saturated rings. The minimum atomic E-state index is -0.120. The third-order valence-electron chi connectivity index (χ3n) is 3.44. The van der Waals surface area contributed by atoms with E-state index < -0.39 is 0 Å². The van der Waals surface area contributed by atoms with Crippen LogP contribution in [0.4, 0.5) is 0 Å². The first-order chi connectivity index (χ1) is 9.93. The zero-order valence-electron chi connectivity index (χ0n) is 13.9. The Kier molecular flexibility index (Phi) is 7.44. The average molecular weight is 290 g/mol. The molecule has 1 aromatic carbocycles. The van der Waals surface area contributed by atoms with Gasteiger partial charge >= 0.3 is 0 Å². The summed E-state index contributed by atoms with van der Waals surface area (Å²) in [6, 6.07) is 10.1. The number of amides is 1. The van der Waals surface area contributed by atoms with Crippen molar-refractivity contribution in [1.29, 1.82) is 0 Å². The minimum absolute atomic E-state index is 0.120. The summed E-state index contributed by atoms with van der Waals surface area (Å²) in [5, 5.41) is 0. The molecule has 0 radical (unpaired) electrons. The SMILES string of the molecule is CC(C)CN(CC(C)C)C(=O)C(CN)Cc1ccccc1. The van der Waals surface area contributed by atoms with Gasteiger partial charge in [-0.3, -0.25) is 4.79 Å². The summed E-state index contributed by atoms with van der Waals surface area (Å²) >= 11 is 0. The fraction of sp³-hybridized carbons (Fsp3) is 0.611. The molecule has 21 heavy (non-hydrogen) atoms. The molecule has 2 N–H and O–H groups in total. The van der Waals surface area contributed by atoms with E-state index in [0.717, 1.165) is 19.5 Å². The van der Waals surface area contributed by atoms with Crippen LogP contribution in [-0.2, 0) is 11.2 Å². The molecule has 0 spiro atoms. The maximum atomic E-state index is 12.8. The van der Waals surface area contributed by atoms with E-state index in [9.17, 15) is 4.79 Å². The van der Waals surface area contributed by atoms with Crippen molar-refractivity contribution in [3.63, 3.8) is 0 Å². The van der Waals surface area contributed by atoms with Gasteiger partial charge in [0.15, 0.2) is 0 Å². The van der Waals surface area contributed by atoms with Crippen LogP contribution < -0.4 is 5.73 Å². The number of carbonyl (C=O) groups is 1. The molecule has 1 unspecified atom stereocenters. The highest BCUT2D eigenvalue weighted by molar-refractivity contribution is 5.79. The van der Waals surface area contributed by atoms with Crippen LogP contribution in [0.5, 0.6) is 0 Å². The van der Waals surface area contributed by atoms with Gasteiger partial charge < -0.3 is 10.6 Å². The third kappa shape index (κ3) is 6.30. The van der Waals surface area contributed by atoms with Gasteiger partial charge in [0.1, 0.15) is 0 Å². The van der Waals surface area contributed by atoms with Crippen molar-refractivity contribution < 1.29 is 4.79 Å². The lowest BCUT2D eigenvalue weighted by molar-refractivity contribution is -0.136. The highest BCUT2D eigenvalue weighted by Crippen LogP contribution is 2.14. The number of benzene rings is 1. The van der Waals surface area contributed by atoms with Gasteiger partial charge in [0, 0.05) is 19.6 Å². The number of carbonyl (C=O) groups excluding carboxylic acids is 1. The van der Waals surface area contributed by atoms with Crippen molar-refractivity contribution in [3.8, 4) is 0 Å². The first-order valence-corrected chi connectivity index (χ1v) is 7.96. The molecule has 0 aliphatic rings. The monoisotopic (exact) mass is 290 g/mol. The smallest absolute Gasteiger partial charge is 0.227 e.